The topological polar surface area (TPSA) is 52.3 Å². The highest BCUT2D eigenvalue weighted by atomic mass is 35.5. The minimum Gasteiger partial charge on any atom is -0.457 e. The average molecular weight is 314 g/mol. The number of carbonyl (C=O) groups is 1. The molecule has 6 heteroatoms. The highest BCUT2D eigenvalue weighted by Crippen LogP contribution is 2.22. The zero-order valence-corrected chi connectivity index (χ0v) is 11.7. The molecule has 2 aromatic rings. The van der Waals surface area contributed by atoms with Crippen molar-refractivity contribution in [2.24, 2.45) is 0 Å². The van der Waals surface area contributed by atoms with Crippen LogP contribution in [0.15, 0.2) is 36.4 Å². The van der Waals surface area contributed by atoms with Crippen molar-refractivity contribution in [1.29, 1.82) is 0 Å². The molecule has 104 valence electrons. The Morgan fingerprint density at radius 3 is 2.70 bits per heavy atom. The maximum atomic E-state index is 13.2. The number of rotatable bonds is 3. The van der Waals surface area contributed by atoms with Crippen LogP contribution in [0.4, 0.5) is 10.1 Å². The zero-order chi connectivity index (χ0) is 14.7. The molecule has 0 aliphatic heterocycles. The molecule has 0 radical (unpaired) electrons. The molecule has 0 bridgehead atoms. The summed E-state index contributed by atoms with van der Waals surface area (Å²) in [6.07, 6.45) is 0. The third-order valence-corrected chi connectivity index (χ3v) is 3.39. The van der Waals surface area contributed by atoms with Gasteiger partial charge >= 0.3 is 5.97 Å². The Bertz CT molecular complexity index is 662. The Kier molecular flexibility index (Phi) is 4.47. The van der Waals surface area contributed by atoms with Gasteiger partial charge in [0.05, 0.1) is 21.3 Å². The van der Waals surface area contributed by atoms with Crippen molar-refractivity contribution < 1.29 is 13.9 Å². The van der Waals surface area contributed by atoms with Gasteiger partial charge < -0.3 is 10.5 Å². The average Bonchev–Trinajstić information content (AvgIpc) is 2.43. The fourth-order valence-corrected chi connectivity index (χ4v) is 1.86. The molecule has 0 spiro atoms. The van der Waals surface area contributed by atoms with Gasteiger partial charge in [-0.05, 0) is 24.3 Å². The monoisotopic (exact) mass is 313 g/mol. The second kappa shape index (κ2) is 6.11. The van der Waals surface area contributed by atoms with Crippen molar-refractivity contribution in [1.82, 2.24) is 0 Å². The molecule has 0 amide bonds. The van der Waals surface area contributed by atoms with E-state index in [4.69, 9.17) is 33.7 Å². The molecule has 0 aliphatic rings. The van der Waals surface area contributed by atoms with Gasteiger partial charge in [-0.1, -0.05) is 35.3 Å². The summed E-state index contributed by atoms with van der Waals surface area (Å²) >= 11 is 11.5. The molecular formula is C14H10Cl2FNO2. The standard InChI is InChI=1S/C14H10Cl2FNO2/c15-10-5-4-8(6-12(10)18)14(19)20-7-9-2-1-3-11(17)13(9)16/h1-6H,7,18H2. The molecule has 20 heavy (non-hydrogen) atoms. The first-order valence-corrected chi connectivity index (χ1v) is 6.39. The molecule has 0 saturated heterocycles. The van der Waals surface area contributed by atoms with Crippen LogP contribution in [0.25, 0.3) is 0 Å². The van der Waals surface area contributed by atoms with Crippen molar-refractivity contribution in [3.63, 3.8) is 0 Å². The Morgan fingerprint density at radius 1 is 1.25 bits per heavy atom. The molecule has 0 aromatic heterocycles. The van der Waals surface area contributed by atoms with E-state index in [9.17, 15) is 9.18 Å². The molecular weight excluding hydrogens is 304 g/mol. The molecule has 0 saturated carbocycles. The predicted molar refractivity (Wildman–Crippen MR) is 76.4 cm³/mol. The maximum Gasteiger partial charge on any atom is 0.338 e. The Balaban J connectivity index is 2.08. The lowest BCUT2D eigenvalue weighted by Crippen LogP contribution is -2.06. The normalized spacial score (nSPS) is 10.3. The molecule has 2 aromatic carbocycles. The van der Waals surface area contributed by atoms with Crippen molar-refractivity contribution in [3.8, 4) is 0 Å². The number of ether oxygens (including phenoxy) is 1. The lowest BCUT2D eigenvalue weighted by Gasteiger charge is -2.08. The molecule has 0 unspecified atom stereocenters. The summed E-state index contributed by atoms with van der Waals surface area (Å²) in [5.41, 5.74) is 6.54. The maximum absolute atomic E-state index is 13.2. The number of anilines is 1. The minimum atomic E-state index is -0.589. The first-order chi connectivity index (χ1) is 9.49. The number of benzene rings is 2. The molecule has 3 nitrogen and oxygen atoms in total. The molecule has 2 rings (SSSR count). The van der Waals surface area contributed by atoms with E-state index < -0.39 is 11.8 Å². The van der Waals surface area contributed by atoms with Crippen molar-refractivity contribution in [3.05, 3.63) is 63.4 Å². The number of esters is 1. The van der Waals surface area contributed by atoms with Gasteiger partial charge in [0.15, 0.2) is 0 Å². The number of halogens is 3. The molecule has 2 N–H and O–H groups in total. The summed E-state index contributed by atoms with van der Waals surface area (Å²) in [6, 6.07) is 8.71. The summed E-state index contributed by atoms with van der Waals surface area (Å²) in [4.78, 5) is 11.8. The Labute approximate surface area is 125 Å². The van der Waals surface area contributed by atoms with Crippen LogP contribution in [-0.4, -0.2) is 5.97 Å². The summed E-state index contributed by atoms with van der Waals surface area (Å²) in [6.45, 7) is -0.127. The van der Waals surface area contributed by atoms with Gasteiger partial charge in [0.2, 0.25) is 0 Å². The minimum absolute atomic E-state index is 0.0593. The van der Waals surface area contributed by atoms with Crippen LogP contribution >= 0.6 is 23.2 Å². The van der Waals surface area contributed by atoms with Gasteiger partial charge in [-0.25, -0.2) is 9.18 Å². The van der Waals surface area contributed by atoms with Crippen molar-refractivity contribution in [2.75, 3.05) is 5.73 Å². The summed E-state index contributed by atoms with van der Waals surface area (Å²) in [7, 11) is 0. The largest absolute Gasteiger partial charge is 0.457 e. The van der Waals surface area contributed by atoms with Crippen LogP contribution in [0.3, 0.4) is 0 Å². The van der Waals surface area contributed by atoms with E-state index in [1.165, 1.54) is 30.3 Å². The summed E-state index contributed by atoms with van der Waals surface area (Å²) in [5, 5.41) is 0.297. The summed E-state index contributed by atoms with van der Waals surface area (Å²) < 4.78 is 18.3. The number of hydrogen-bond donors (Lipinski definition) is 1. The van der Waals surface area contributed by atoms with Gasteiger partial charge in [-0.2, -0.15) is 0 Å². The van der Waals surface area contributed by atoms with Gasteiger partial charge in [0.1, 0.15) is 12.4 Å². The highest BCUT2D eigenvalue weighted by molar-refractivity contribution is 6.33. The van der Waals surface area contributed by atoms with E-state index in [2.05, 4.69) is 0 Å². The second-order valence-electron chi connectivity index (χ2n) is 4.03. The van der Waals surface area contributed by atoms with Crippen LogP contribution < -0.4 is 5.73 Å². The number of hydrogen-bond acceptors (Lipinski definition) is 3. The molecule has 0 heterocycles. The highest BCUT2D eigenvalue weighted by Gasteiger charge is 2.11. The molecule has 0 fully saturated rings. The van der Waals surface area contributed by atoms with E-state index in [0.717, 1.165) is 0 Å². The molecule has 0 atom stereocenters. The third-order valence-electron chi connectivity index (χ3n) is 2.62. The third kappa shape index (κ3) is 3.21. The van der Waals surface area contributed by atoms with Crippen LogP contribution in [0, 0.1) is 5.82 Å². The smallest absolute Gasteiger partial charge is 0.338 e. The van der Waals surface area contributed by atoms with Gasteiger partial charge in [0, 0.05) is 5.56 Å². The summed E-state index contributed by atoms with van der Waals surface area (Å²) in [5.74, 6) is -1.15. The van der Waals surface area contributed by atoms with E-state index in [0.29, 0.717) is 10.6 Å². The lowest BCUT2D eigenvalue weighted by atomic mass is 10.2. The fourth-order valence-electron chi connectivity index (χ4n) is 1.56. The van der Waals surface area contributed by atoms with Crippen LogP contribution in [0.2, 0.25) is 10.0 Å². The van der Waals surface area contributed by atoms with E-state index in [1.54, 1.807) is 6.07 Å². The van der Waals surface area contributed by atoms with E-state index in [1.807, 2.05) is 0 Å². The van der Waals surface area contributed by atoms with Gasteiger partial charge in [0.25, 0.3) is 0 Å². The van der Waals surface area contributed by atoms with E-state index in [-0.39, 0.29) is 22.9 Å². The number of nitrogens with two attached hydrogens (primary N) is 1. The molecule has 0 aliphatic carbocycles. The van der Waals surface area contributed by atoms with Crippen LogP contribution in [0.1, 0.15) is 15.9 Å². The zero-order valence-electron chi connectivity index (χ0n) is 10.2. The fraction of sp³-hybridized carbons (Fsp3) is 0.0714. The van der Waals surface area contributed by atoms with Gasteiger partial charge in [-0.3, -0.25) is 0 Å². The lowest BCUT2D eigenvalue weighted by molar-refractivity contribution is 0.0472. The van der Waals surface area contributed by atoms with Crippen LogP contribution in [-0.2, 0) is 11.3 Å². The second-order valence-corrected chi connectivity index (χ2v) is 4.81. The Morgan fingerprint density at radius 2 is 2.00 bits per heavy atom. The first-order valence-electron chi connectivity index (χ1n) is 5.64. The SMILES string of the molecule is Nc1cc(C(=O)OCc2cccc(F)c2Cl)ccc1Cl. The van der Waals surface area contributed by atoms with Crippen LogP contribution in [0.5, 0.6) is 0 Å². The van der Waals surface area contributed by atoms with E-state index >= 15 is 0 Å². The quantitative estimate of drug-likeness (QED) is 0.686. The Hall–Kier alpha value is -1.78. The van der Waals surface area contributed by atoms with Gasteiger partial charge in [-0.15, -0.1) is 0 Å². The number of carbonyl (C=O) groups excluding carboxylic acids is 1. The number of nitrogen functional groups attached to an aromatic ring is 1. The van der Waals surface area contributed by atoms with Crippen molar-refractivity contribution >= 4 is 34.9 Å². The predicted octanol–water partition coefficient (Wildman–Crippen LogP) is 4.07. The first kappa shape index (κ1) is 14.6. The van der Waals surface area contributed by atoms with Crippen molar-refractivity contribution in [2.45, 2.75) is 6.61 Å².